The van der Waals surface area contributed by atoms with Gasteiger partial charge in [-0.15, -0.1) is 0 Å². The van der Waals surface area contributed by atoms with Crippen LogP contribution in [0.15, 0.2) is 12.3 Å². The lowest BCUT2D eigenvalue weighted by Gasteiger charge is -2.22. The van der Waals surface area contributed by atoms with E-state index in [1.165, 1.54) is 6.20 Å². The Kier molecular flexibility index (Phi) is 4.04. The number of hydrogen-bond donors (Lipinski definition) is 1. The van der Waals surface area contributed by atoms with Crippen molar-refractivity contribution >= 4 is 23.3 Å². The van der Waals surface area contributed by atoms with E-state index in [9.17, 15) is 4.79 Å². The molecule has 0 atom stereocenters. The van der Waals surface area contributed by atoms with Gasteiger partial charge in [-0.1, -0.05) is 11.6 Å². The van der Waals surface area contributed by atoms with E-state index in [1.807, 2.05) is 4.90 Å². The number of aromatic nitrogens is 1. The zero-order valence-corrected chi connectivity index (χ0v) is 11.0. The van der Waals surface area contributed by atoms with Gasteiger partial charge in [-0.2, -0.15) is 0 Å². The molecule has 0 radical (unpaired) electrons. The highest BCUT2D eigenvalue weighted by molar-refractivity contribution is 6.33. The van der Waals surface area contributed by atoms with Crippen molar-refractivity contribution in [2.45, 2.75) is 18.9 Å². The standard InChI is InChI=1S/C12H16ClN3O2/c1-18-5-4-16(9-2-3-9)12(17)8-6-10(13)11(14)15-7-8/h6-7,9H,2-5H2,1H3,(H2,14,15). The number of hydrogen-bond acceptors (Lipinski definition) is 4. The third kappa shape index (κ3) is 2.91. The van der Waals surface area contributed by atoms with Crippen LogP contribution in [0.4, 0.5) is 5.82 Å². The van der Waals surface area contributed by atoms with Crippen LogP contribution in [0, 0.1) is 0 Å². The van der Waals surface area contributed by atoms with Crippen LogP contribution in [0.5, 0.6) is 0 Å². The number of pyridine rings is 1. The molecule has 1 aliphatic carbocycles. The number of nitrogen functional groups attached to an aromatic ring is 1. The van der Waals surface area contributed by atoms with Gasteiger partial charge in [0.25, 0.3) is 5.91 Å². The van der Waals surface area contributed by atoms with Crippen molar-refractivity contribution in [3.8, 4) is 0 Å². The van der Waals surface area contributed by atoms with E-state index in [4.69, 9.17) is 22.1 Å². The first kappa shape index (κ1) is 13.1. The van der Waals surface area contributed by atoms with Crippen molar-refractivity contribution < 1.29 is 9.53 Å². The largest absolute Gasteiger partial charge is 0.383 e. The molecule has 0 aromatic carbocycles. The van der Waals surface area contributed by atoms with Gasteiger partial charge in [0.2, 0.25) is 0 Å². The fourth-order valence-corrected chi connectivity index (χ4v) is 1.92. The average Bonchev–Trinajstić information content (AvgIpc) is 3.17. The van der Waals surface area contributed by atoms with Crippen molar-refractivity contribution in [1.29, 1.82) is 0 Å². The second kappa shape index (κ2) is 5.54. The molecule has 98 valence electrons. The van der Waals surface area contributed by atoms with Crippen molar-refractivity contribution in [2.24, 2.45) is 0 Å². The molecule has 1 fully saturated rings. The first-order valence-electron chi connectivity index (χ1n) is 5.84. The minimum absolute atomic E-state index is 0.0658. The van der Waals surface area contributed by atoms with E-state index in [0.717, 1.165) is 12.8 Å². The lowest BCUT2D eigenvalue weighted by Crippen LogP contribution is -2.35. The number of carbonyl (C=O) groups excluding carboxylic acids is 1. The maximum atomic E-state index is 12.3. The van der Waals surface area contributed by atoms with Crippen molar-refractivity contribution in [3.05, 3.63) is 22.8 Å². The minimum Gasteiger partial charge on any atom is -0.383 e. The second-order valence-corrected chi connectivity index (χ2v) is 4.72. The van der Waals surface area contributed by atoms with Gasteiger partial charge in [-0.05, 0) is 18.9 Å². The number of anilines is 1. The number of amides is 1. The van der Waals surface area contributed by atoms with Crippen molar-refractivity contribution in [1.82, 2.24) is 9.88 Å². The van der Waals surface area contributed by atoms with Crippen LogP contribution in [-0.4, -0.2) is 42.1 Å². The summed E-state index contributed by atoms with van der Waals surface area (Å²) in [5.41, 5.74) is 6.00. The van der Waals surface area contributed by atoms with Gasteiger partial charge >= 0.3 is 0 Å². The lowest BCUT2D eigenvalue weighted by atomic mass is 10.2. The third-order valence-electron chi connectivity index (χ3n) is 2.90. The Morgan fingerprint density at radius 3 is 2.94 bits per heavy atom. The summed E-state index contributed by atoms with van der Waals surface area (Å²) >= 11 is 5.88. The summed E-state index contributed by atoms with van der Waals surface area (Å²) in [5.74, 6) is 0.173. The average molecular weight is 270 g/mol. The van der Waals surface area contributed by atoms with Crippen LogP contribution >= 0.6 is 11.6 Å². The Hall–Kier alpha value is -1.33. The molecule has 5 nitrogen and oxygen atoms in total. The maximum Gasteiger partial charge on any atom is 0.255 e. The second-order valence-electron chi connectivity index (χ2n) is 4.31. The molecule has 18 heavy (non-hydrogen) atoms. The third-order valence-corrected chi connectivity index (χ3v) is 3.20. The Morgan fingerprint density at radius 2 is 2.39 bits per heavy atom. The van der Waals surface area contributed by atoms with Crippen LogP contribution in [0.2, 0.25) is 5.02 Å². The summed E-state index contributed by atoms with van der Waals surface area (Å²) in [7, 11) is 1.62. The molecule has 1 heterocycles. The van der Waals surface area contributed by atoms with Crippen molar-refractivity contribution in [3.63, 3.8) is 0 Å². The van der Waals surface area contributed by atoms with Crippen LogP contribution in [0.1, 0.15) is 23.2 Å². The molecule has 0 spiro atoms. The number of ether oxygens (including phenoxy) is 1. The monoisotopic (exact) mass is 269 g/mol. The molecular formula is C12H16ClN3O2. The number of rotatable bonds is 5. The molecule has 1 aliphatic rings. The predicted molar refractivity (Wildman–Crippen MR) is 69.6 cm³/mol. The molecular weight excluding hydrogens is 254 g/mol. The molecule has 0 saturated heterocycles. The smallest absolute Gasteiger partial charge is 0.255 e. The van der Waals surface area contributed by atoms with Gasteiger partial charge in [0, 0.05) is 25.9 Å². The van der Waals surface area contributed by atoms with Crippen molar-refractivity contribution in [2.75, 3.05) is 26.0 Å². The van der Waals surface area contributed by atoms with Crippen LogP contribution in [0.3, 0.4) is 0 Å². The topological polar surface area (TPSA) is 68.5 Å². The summed E-state index contributed by atoms with van der Waals surface area (Å²) in [6.07, 6.45) is 3.56. The summed E-state index contributed by atoms with van der Waals surface area (Å²) in [6.45, 7) is 1.11. The molecule has 2 rings (SSSR count). The summed E-state index contributed by atoms with van der Waals surface area (Å²) in [4.78, 5) is 18.0. The van der Waals surface area contributed by atoms with Crippen LogP contribution in [-0.2, 0) is 4.74 Å². The van der Waals surface area contributed by atoms with Gasteiger partial charge in [-0.3, -0.25) is 4.79 Å². The number of methoxy groups -OCH3 is 1. The number of nitrogens with zero attached hydrogens (tertiary/aromatic N) is 2. The van der Waals surface area contributed by atoms with Gasteiger partial charge in [0.1, 0.15) is 5.82 Å². The SMILES string of the molecule is COCCN(C(=O)c1cnc(N)c(Cl)c1)C1CC1. The van der Waals surface area contributed by atoms with E-state index >= 15 is 0 Å². The Bertz CT molecular complexity index is 449. The molecule has 1 aromatic heterocycles. The van der Waals surface area contributed by atoms with Crippen LogP contribution in [0.25, 0.3) is 0 Å². The minimum atomic E-state index is -0.0658. The number of carbonyl (C=O) groups is 1. The van der Waals surface area contributed by atoms with E-state index < -0.39 is 0 Å². The van der Waals surface area contributed by atoms with E-state index in [1.54, 1.807) is 13.2 Å². The van der Waals surface area contributed by atoms with Crippen LogP contribution < -0.4 is 5.73 Å². The molecule has 0 aliphatic heterocycles. The molecule has 0 unspecified atom stereocenters. The quantitative estimate of drug-likeness (QED) is 0.881. The van der Waals surface area contributed by atoms with E-state index in [-0.39, 0.29) is 11.7 Å². The van der Waals surface area contributed by atoms with Gasteiger partial charge in [0.05, 0.1) is 17.2 Å². The predicted octanol–water partition coefficient (Wildman–Crippen LogP) is 1.57. The highest BCUT2D eigenvalue weighted by Crippen LogP contribution is 2.28. The first-order valence-corrected chi connectivity index (χ1v) is 6.22. The first-order chi connectivity index (χ1) is 8.63. The summed E-state index contributed by atoms with van der Waals surface area (Å²) in [5, 5.41) is 0.309. The van der Waals surface area contributed by atoms with Gasteiger partial charge < -0.3 is 15.4 Å². The highest BCUT2D eigenvalue weighted by atomic mass is 35.5. The summed E-state index contributed by atoms with van der Waals surface area (Å²) < 4.78 is 5.02. The zero-order chi connectivity index (χ0) is 13.1. The number of halogens is 1. The molecule has 0 bridgehead atoms. The van der Waals surface area contributed by atoms with E-state index in [2.05, 4.69) is 4.98 Å². The zero-order valence-electron chi connectivity index (χ0n) is 10.2. The summed E-state index contributed by atoms with van der Waals surface area (Å²) in [6, 6.07) is 1.89. The fraction of sp³-hybridized carbons (Fsp3) is 0.500. The molecule has 2 N–H and O–H groups in total. The molecule has 1 aromatic rings. The fourth-order valence-electron chi connectivity index (χ4n) is 1.76. The normalized spacial score (nSPS) is 14.6. The maximum absolute atomic E-state index is 12.3. The van der Waals surface area contributed by atoms with Gasteiger partial charge in [-0.25, -0.2) is 4.98 Å². The van der Waals surface area contributed by atoms with E-state index in [0.29, 0.717) is 29.8 Å². The highest BCUT2D eigenvalue weighted by Gasteiger charge is 2.32. The molecule has 1 amide bonds. The Balaban J connectivity index is 2.13. The Morgan fingerprint density at radius 1 is 1.67 bits per heavy atom. The molecule has 6 heteroatoms. The Labute approximate surface area is 111 Å². The molecule has 1 saturated carbocycles. The number of nitrogens with two attached hydrogens (primary N) is 1. The lowest BCUT2D eigenvalue weighted by molar-refractivity contribution is 0.0680. The van der Waals surface area contributed by atoms with Gasteiger partial charge in [0.15, 0.2) is 0 Å².